The Morgan fingerprint density at radius 3 is 2.39 bits per heavy atom. The summed E-state index contributed by atoms with van der Waals surface area (Å²) in [6.45, 7) is 0. The summed E-state index contributed by atoms with van der Waals surface area (Å²) in [5.74, 6) is -0.635. The molecule has 0 atom stereocenters. The molecule has 3 N–H and O–H groups in total. The highest BCUT2D eigenvalue weighted by atomic mass is 16.5. The van der Waals surface area contributed by atoms with Gasteiger partial charge in [-0.15, -0.1) is 0 Å². The molecule has 7 heteroatoms. The number of rotatable bonds is 4. The number of anilines is 1. The van der Waals surface area contributed by atoms with Gasteiger partial charge in [0.25, 0.3) is 0 Å². The van der Waals surface area contributed by atoms with Crippen molar-refractivity contribution in [3.05, 3.63) is 60.3 Å². The molecule has 0 saturated carbocycles. The maximum Gasteiger partial charge on any atom is 0.340 e. The Morgan fingerprint density at radius 1 is 1.04 bits per heavy atom. The number of hydrogen-bond donors (Lipinski definition) is 2. The van der Waals surface area contributed by atoms with E-state index < -0.39 is 5.97 Å². The van der Waals surface area contributed by atoms with Crippen LogP contribution in [0.1, 0.15) is 10.4 Å². The van der Waals surface area contributed by atoms with Crippen LogP contribution in [0.4, 0.5) is 5.95 Å². The molecular weight excluding hydrogens is 356 g/mol. The van der Waals surface area contributed by atoms with Crippen LogP contribution in [0.2, 0.25) is 0 Å². The van der Waals surface area contributed by atoms with Crippen molar-refractivity contribution in [3.8, 4) is 28.3 Å². The predicted octanol–water partition coefficient (Wildman–Crippen LogP) is 3.59. The Bertz CT molecular complexity index is 1210. The number of aryl methyl sites for hydroxylation is 1. The number of carboxylic acid groups (broad SMARTS) is 1. The molecule has 28 heavy (non-hydrogen) atoms. The monoisotopic (exact) mass is 374 g/mol. The van der Waals surface area contributed by atoms with E-state index in [0.717, 1.165) is 10.9 Å². The number of carboxylic acids is 1. The Hall–Kier alpha value is -3.87. The third-order valence-electron chi connectivity index (χ3n) is 4.65. The van der Waals surface area contributed by atoms with Crippen LogP contribution in [0.25, 0.3) is 33.4 Å². The first-order valence-electron chi connectivity index (χ1n) is 8.60. The zero-order chi connectivity index (χ0) is 19.8. The Balaban J connectivity index is 2.09. The molecule has 4 aromatic rings. The van der Waals surface area contributed by atoms with Gasteiger partial charge in [0.15, 0.2) is 0 Å². The van der Waals surface area contributed by atoms with Crippen LogP contribution in [0.3, 0.4) is 0 Å². The second kappa shape index (κ2) is 6.70. The number of aromatic nitrogens is 3. The minimum atomic E-state index is -1.14. The zero-order valence-corrected chi connectivity index (χ0v) is 15.4. The molecule has 0 spiro atoms. The van der Waals surface area contributed by atoms with Gasteiger partial charge in [-0.25, -0.2) is 14.8 Å². The number of methoxy groups -OCH3 is 1. The highest BCUT2D eigenvalue weighted by Gasteiger charge is 2.25. The number of nitrogens with zero attached hydrogens (tertiary/aromatic N) is 3. The molecule has 4 rings (SSSR count). The number of nitrogen functional groups attached to an aromatic ring is 1. The Kier molecular flexibility index (Phi) is 4.19. The fraction of sp³-hybridized carbons (Fsp3) is 0.0952. The van der Waals surface area contributed by atoms with E-state index >= 15 is 0 Å². The predicted molar refractivity (Wildman–Crippen MR) is 107 cm³/mol. The van der Waals surface area contributed by atoms with Gasteiger partial charge in [-0.1, -0.05) is 30.3 Å². The second-order valence-corrected chi connectivity index (χ2v) is 6.33. The standard InChI is InChI=1S/C21H18N4O3/c1-25-11-14(12-7-3-5-9-15(12)25)19-17(20(26)27)18(23-21(22)24-19)13-8-4-6-10-16(13)28-2/h3-11H,1-2H3,(H,26,27)(H2,22,23,24). The number of fused-ring (bicyclic) bond motifs is 1. The molecule has 7 nitrogen and oxygen atoms in total. The Morgan fingerprint density at radius 2 is 1.68 bits per heavy atom. The summed E-state index contributed by atoms with van der Waals surface area (Å²) in [6, 6.07) is 14.8. The minimum absolute atomic E-state index is 0.00570. The third kappa shape index (κ3) is 2.73. The molecule has 0 aliphatic carbocycles. The summed E-state index contributed by atoms with van der Waals surface area (Å²) in [4.78, 5) is 20.8. The molecule has 0 aliphatic heterocycles. The van der Waals surface area contributed by atoms with Crippen LogP contribution in [0.5, 0.6) is 5.75 Å². The fourth-order valence-corrected chi connectivity index (χ4v) is 3.44. The lowest BCUT2D eigenvalue weighted by Gasteiger charge is -2.13. The lowest BCUT2D eigenvalue weighted by Crippen LogP contribution is -2.10. The van der Waals surface area contributed by atoms with E-state index in [9.17, 15) is 9.90 Å². The van der Waals surface area contributed by atoms with Crippen molar-refractivity contribution < 1.29 is 14.6 Å². The zero-order valence-electron chi connectivity index (χ0n) is 15.4. The minimum Gasteiger partial charge on any atom is -0.496 e. The molecule has 2 aromatic carbocycles. The summed E-state index contributed by atoms with van der Waals surface area (Å²) >= 11 is 0. The fourth-order valence-electron chi connectivity index (χ4n) is 3.44. The van der Waals surface area contributed by atoms with Crippen molar-refractivity contribution in [1.82, 2.24) is 14.5 Å². The summed E-state index contributed by atoms with van der Waals surface area (Å²) in [5, 5.41) is 10.9. The van der Waals surface area contributed by atoms with Gasteiger partial charge >= 0.3 is 5.97 Å². The molecular formula is C21H18N4O3. The molecule has 0 bridgehead atoms. The van der Waals surface area contributed by atoms with Gasteiger partial charge in [-0.2, -0.15) is 0 Å². The molecule has 0 unspecified atom stereocenters. The highest BCUT2D eigenvalue weighted by molar-refractivity contribution is 6.06. The topological polar surface area (TPSA) is 103 Å². The number of para-hydroxylation sites is 2. The number of aromatic carboxylic acids is 1. The summed E-state index contributed by atoms with van der Waals surface area (Å²) in [7, 11) is 3.42. The maximum absolute atomic E-state index is 12.3. The first-order valence-corrected chi connectivity index (χ1v) is 8.60. The van der Waals surface area contributed by atoms with Crippen LogP contribution in [0.15, 0.2) is 54.7 Å². The summed E-state index contributed by atoms with van der Waals surface area (Å²) < 4.78 is 7.32. The summed E-state index contributed by atoms with van der Waals surface area (Å²) in [5.41, 5.74) is 8.65. The first-order chi connectivity index (χ1) is 13.5. The first kappa shape index (κ1) is 17.5. The summed E-state index contributed by atoms with van der Waals surface area (Å²) in [6.07, 6.45) is 1.85. The van der Waals surface area contributed by atoms with Crippen LogP contribution < -0.4 is 10.5 Å². The van der Waals surface area contributed by atoms with E-state index in [4.69, 9.17) is 10.5 Å². The van der Waals surface area contributed by atoms with Gasteiger partial charge in [0, 0.05) is 35.3 Å². The van der Waals surface area contributed by atoms with E-state index in [1.54, 1.807) is 24.3 Å². The Labute approximate surface area is 161 Å². The van der Waals surface area contributed by atoms with E-state index in [1.165, 1.54) is 7.11 Å². The largest absolute Gasteiger partial charge is 0.496 e. The van der Waals surface area contributed by atoms with E-state index in [2.05, 4.69) is 9.97 Å². The van der Waals surface area contributed by atoms with Gasteiger partial charge in [-0.3, -0.25) is 0 Å². The molecule has 0 aliphatic rings. The van der Waals surface area contributed by atoms with Crippen molar-refractivity contribution in [2.75, 3.05) is 12.8 Å². The van der Waals surface area contributed by atoms with Gasteiger partial charge in [-0.05, 0) is 18.2 Å². The molecule has 2 aromatic heterocycles. The van der Waals surface area contributed by atoms with E-state index in [-0.39, 0.29) is 22.9 Å². The van der Waals surface area contributed by atoms with Crippen molar-refractivity contribution in [1.29, 1.82) is 0 Å². The van der Waals surface area contributed by atoms with Gasteiger partial charge in [0.2, 0.25) is 5.95 Å². The molecule has 2 heterocycles. The van der Waals surface area contributed by atoms with Crippen LogP contribution in [-0.4, -0.2) is 32.7 Å². The van der Waals surface area contributed by atoms with Crippen molar-refractivity contribution in [3.63, 3.8) is 0 Å². The molecule has 0 amide bonds. The molecule has 0 radical (unpaired) electrons. The van der Waals surface area contributed by atoms with Crippen LogP contribution >= 0.6 is 0 Å². The van der Waals surface area contributed by atoms with E-state index in [0.29, 0.717) is 16.9 Å². The number of benzene rings is 2. The number of ether oxygens (including phenoxy) is 1. The smallest absolute Gasteiger partial charge is 0.340 e. The molecule has 140 valence electrons. The SMILES string of the molecule is COc1ccccc1-c1nc(N)nc(-c2cn(C)c3ccccc23)c1C(=O)O. The quantitative estimate of drug-likeness (QED) is 0.566. The van der Waals surface area contributed by atoms with Crippen molar-refractivity contribution in [2.24, 2.45) is 7.05 Å². The van der Waals surface area contributed by atoms with Crippen LogP contribution in [0, 0.1) is 0 Å². The normalized spacial score (nSPS) is 10.9. The lowest BCUT2D eigenvalue weighted by atomic mass is 9.99. The average molecular weight is 374 g/mol. The maximum atomic E-state index is 12.3. The second-order valence-electron chi connectivity index (χ2n) is 6.33. The van der Waals surface area contributed by atoms with Crippen molar-refractivity contribution >= 4 is 22.8 Å². The van der Waals surface area contributed by atoms with Gasteiger partial charge in [0.1, 0.15) is 11.3 Å². The highest BCUT2D eigenvalue weighted by Crippen LogP contribution is 2.38. The van der Waals surface area contributed by atoms with Crippen molar-refractivity contribution in [2.45, 2.75) is 0 Å². The van der Waals surface area contributed by atoms with Crippen LogP contribution in [-0.2, 0) is 7.05 Å². The van der Waals surface area contributed by atoms with Gasteiger partial charge < -0.3 is 20.1 Å². The molecule has 0 fully saturated rings. The average Bonchev–Trinajstić information content (AvgIpc) is 3.04. The van der Waals surface area contributed by atoms with Gasteiger partial charge in [0.05, 0.1) is 18.5 Å². The third-order valence-corrected chi connectivity index (χ3v) is 4.65. The number of carbonyl (C=O) groups is 1. The number of hydrogen-bond acceptors (Lipinski definition) is 5. The number of nitrogens with two attached hydrogens (primary N) is 1. The lowest BCUT2D eigenvalue weighted by molar-refractivity contribution is 0.0698. The van der Waals surface area contributed by atoms with E-state index in [1.807, 2.05) is 42.1 Å². The molecule has 0 saturated heterocycles.